The molecule has 0 aliphatic carbocycles. The Bertz CT molecular complexity index is 867. The van der Waals surface area contributed by atoms with Crippen molar-refractivity contribution in [3.05, 3.63) is 64.2 Å². The SMILES string of the molecule is OCC1O[C@@H](c2ccc(Cl)c(Cc3ccc(O[C@H]4CCOC4)cc3)c2)C(O)[C@@H](O)[C@@H]1O. The zero-order valence-corrected chi connectivity index (χ0v) is 17.7. The largest absolute Gasteiger partial charge is 0.488 e. The van der Waals surface area contributed by atoms with Crippen molar-refractivity contribution in [3.63, 3.8) is 0 Å². The number of aliphatic hydroxyl groups excluding tert-OH is 4. The van der Waals surface area contributed by atoms with Gasteiger partial charge in [0.15, 0.2) is 0 Å². The van der Waals surface area contributed by atoms with E-state index in [1.165, 1.54) is 0 Å². The highest BCUT2D eigenvalue weighted by Crippen LogP contribution is 2.34. The summed E-state index contributed by atoms with van der Waals surface area (Å²) in [6, 6.07) is 13.0. The molecule has 0 radical (unpaired) electrons. The summed E-state index contributed by atoms with van der Waals surface area (Å²) in [6.45, 7) is 0.872. The number of benzene rings is 2. The molecule has 2 aliphatic heterocycles. The fourth-order valence-corrected chi connectivity index (χ4v) is 4.17. The predicted molar refractivity (Wildman–Crippen MR) is 113 cm³/mol. The van der Waals surface area contributed by atoms with Crippen molar-refractivity contribution >= 4 is 11.6 Å². The summed E-state index contributed by atoms with van der Waals surface area (Å²) < 4.78 is 16.9. The van der Waals surface area contributed by atoms with Crippen LogP contribution in [0.25, 0.3) is 0 Å². The van der Waals surface area contributed by atoms with Crippen LogP contribution in [0.5, 0.6) is 5.75 Å². The molecule has 2 fully saturated rings. The number of rotatable bonds is 6. The molecule has 2 aromatic carbocycles. The molecular weight excluding hydrogens is 424 g/mol. The number of hydrogen-bond acceptors (Lipinski definition) is 7. The number of ether oxygens (including phenoxy) is 3. The van der Waals surface area contributed by atoms with Gasteiger partial charge in [-0.1, -0.05) is 35.9 Å². The summed E-state index contributed by atoms with van der Waals surface area (Å²) in [5.74, 6) is 0.792. The van der Waals surface area contributed by atoms with Crippen LogP contribution in [0, 0.1) is 0 Å². The zero-order valence-electron chi connectivity index (χ0n) is 16.9. The molecule has 0 aromatic heterocycles. The van der Waals surface area contributed by atoms with Crippen molar-refractivity contribution in [1.82, 2.24) is 0 Å². The van der Waals surface area contributed by atoms with Gasteiger partial charge < -0.3 is 34.6 Å². The van der Waals surface area contributed by atoms with Gasteiger partial charge in [0.1, 0.15) is 42.4 Å². The second-order valence-electron chi connectivity index (χ2n) is 8.02. The zero-order chi connectivity index (χ0) is 22.0. The predicted octanol–water partition coefficient (Wildman–Crippen LogP) is 1.61. The van der Waals surface area contributed by atoms with Crippen molar-refractivity contribution in [3.8, 4) is 5.75 Å². The van der Waals surface area contributed by atoms with Gasteiger partial charge in [-0.3, -0.25) is 0 Å². The van der Waals surface area contributed by atoms with E-state index in [0.717, 1.165) is 29.9 Å². The molecule has 8 heteroatoms. The van der Waals surface area contributed by atoms with Crippen molar-refractivity contribution in [2.45, 2.75) is 49.5 Å². The molecule has 0 saturated carbocycles. The first kappa shape index (κ1) is 22.5. The average molecular weight is 451 g/mol. The van der Waals surface area contributed by atoms with Crippen LogP contribution in [0.4, 0.5) is 0 Å². The first-order chi connectivity index (χ1) is 15.0. The Morgan fingerprint density at radius 1 is 1.00 bits per heavy atom. The standard InChI is InChI=1S/C23H27ClO7/c24-18-6-3-14(23-22(28)21(27)20(26)19(11-25)31-23)10-15(18)9-13-1-4-16(5-2-13)30-17-7-8-29-12-17/h1-6,10,17,19-23,25-28H,7-9,11-12H2/t17-,19?,20+,21-,22?,23-/m0/s1. The van der Waals surface area contributed by atoms with Gasteiger partial charge in [-0.25, -0.2) is 0 Å². The minimum atomic E-state index is -1.42. The Hall–Kier alpha value is -1.71. The van der Waals surface area contributed by atoms with Crippen molar-refractivity contribution in [2.75, 3.05) is 19.8 Å². The topological polar surface area (TPSA) is 109 Å². The lowest BCUT2D eigenvalue weighted by Crippen LogP contribution is -2.55. The second kappa shape index (κ2) is 9.83. The normalized spacial score (nSPS) is 31.0. The highest BCUT2D eigenvalue weighted by Gasteiger charge is 2.44. The van der Waals surface area contributed by atoms with Crippen LogP contribution in [0.15, 0.2) is 42.5 Å². The fraction of sp³-hybridized carbons (Fsp3) is 0.478. The Morgan fingerprint density at radius 3 is 2.45 bits per heavy atom. The highest BCUT2D eigenvalue weighted by atomic mass is 35.5. The summed E-state index contributed by atoms with van der Waals surface area (Å²) >= 11 is 6.40. The van der Waals surface area contributed by atoms with E-state index in [0.29, 0.717) is 23.6 Å². The monoisotopic (exact) mass is 450 g/mol. The van der Waals surface area contributed by atoms with Gasteiger partial charge in [-0.15, -0.1) is 0 Å². The molecule has 2 heterocycles. The van der Waals surface area contributed by atoms with Crippen LogP contribution in [0.1, 0.15) is 29.2 Å². The van der Waals surface area contributed by atoms with Crippen LogP contribution in [0.3, 0.4) is 0 Å². The molecule has 0 bridgehead atoms. The quantitative estimate of drug-likeness (QED) is 0.529. The molecule has 7 nitrogen and oxygen atoms in total. The summed E-state index contributed by atoms with van der Waals surface area (Å²) in [5, 5.41) is 40.5. The summed E-state index contributed by atoms with van der Waals surface area (Å²) in [7, 11) is 0. The van der Waals surface area contributed by atoms with Crippen LogP contribution >= 0.6 is 11.6 Å². The average Bonchev–Trinajstić information content (AvgIpc) is 3.28. The maximum absolute atomic E-state index is 10.4. The van der Waals surface area contributed by atoms with E-state index in [2.05, 4.69) is 0 Å². The Kier molecular flexibility index (Phi) is 7.13. The van der Waals surface area contributed by atoms with Gasteiger partial charge in [-0.05, 0) is 41.3 Å². The van der Waals surface area contributed by atoms with E-state index in [1.807, 2.05) is 30.3 Å². The fourth-order valence-electron chi connectivity index (χ4n) is 3.99. The molecule has 2 aromatic rings. The lowest BCUT2D eigenvalue weighted by atomic mass is 9.90. The van der Waals surface area contributed by atoms with Crippen molar-refractivity contribution < 1.29 is 34.6 Å². The van der Waals surface area contributed by atoms with Crippen LogP contribution in [-0.2, 0) is 15.9 Å². The summed E-state index contributed by atoms with van der Waals surface area (Å²) in [6.07, 6.45) is -4.46. The van der Waals surface area contributed by atoms with Gasteiger partial charge >= 0.3 is 0 Å². The maximum atomic E-state index is 10.4. The first-order valence-corrected chi connectivity index (χ1v) is 10.8. The van der Waals surface area contributed by atoms with E-state index in [9.17, 15) is 20.4 Å². The minimum absolute atomic E-state index is 0.0931. The van der Waals surface area contributed by atoms with Gasteiger partial charge in [0.2, 0.25) is 0 Å². The van der Waals surface area contributed by atoms with E-state index < -0.39 is 37.1 Å². The molecule has 6 atom stereocenters. The Morgan fingerprint density at radius 2 is 1.77 bits per heavy atom. The molecular formula is C23H27ClO7. The molecule has 4 N–H and O–H groups in total. The third-order valence-electron chi connectivity index (χ3n) is 5.80. The molecule has 2 aliphatic rings. The smallest absolute Gasteiger partial charge is 0.124 e. The Balaban J connectivity index is 1.49. The number of hydrogen-bond donors (Lipinski definition) is 4. The van der Waals surface area contributed by atoms with Crippen LogP contribution in [0.2, 0.25) is 5.02 Å². The summed E-state index contributed by atoms with van der Waals surface area (Å²) in [4.78, 5) is 0. The second-order valence-corrected chi connectivity index (χ2v) is 8.43. The van der Waals surface area contributed by atoms with Gasteiger partial charge in [0.25, 0.3) is 0 Å². The lowest BCUT2D eigenvalue weighted by molar-refractivity contribution is -0.231. The summed E-state index contributed by atoms with van der Waals surface area (Å²) in [5.41, 5.74) is 2.47. The third-order valence-corrected chi connectivity index (χ3v) is 6.17. The lowest BCUT2D eigenvalue weighted by Gasteiger charge is -2.40. The molecule has 168 valence electrons. The molecule has 0 spiro atoms. The van der Waals surface area contributed by atoms with Gasteiger partial charge in [-0.2, -0.15) is 0 Å². The van der Waals surface area contributed by atoms with Crippen molar-refractivity contribution in [2.24, 2.45) is 0 Å². The Labute approximate surface area is 185 Å². The molecule has 4 rings (SSSR count). The minimum Gasteiger partial charge on any atom is -0.488 e. The molecule has 2 saturated heterocycles. The molecule has 31 heavy (non-hydrogen) atoms. The van der Waals surface area contributed by atoms with Crippen LogP contribution < -0.4 is 4.74 Å². The molecule has 2 unspecified atom stereocenters. The van der Waals surface area contributed by atoms with E-state index in [-0.39, 0.29) is 6.10 Å². The van der Waals surface area contributed by atoms with Gasteiger partial charge in [0, 0.05) is 11.4 Å². The van der Waals surface area contributed by atoms with E-state index in [1.54, 1.807) is 12.1 Å². The number of aliphatic hydroxyl groups is 4. The van der Waals surface area contributed by atoms with E-state index >= 15 is 0 Å². The van der Waals surface area contributed by atoms with Crippen LogP contribution in [-0.4, -0.2) is 70.8 Å². The van der Waals surface area contributed by atoms with Gasteiger partial charge in [0.05, 0.1) is 19.8 Å². The van der Waals surface area contributed by atoms with Crippen molar-refractivity contribution in [1.29, 1.82) is 0 Å². The molecule has 0 amide bonds. The highest BCUT2D eigenvalue weighted by molar-refractivity contribution is 6.31. The maximum Gasteiger partial charge on any atom is 0.124 e. The van der Waals surface area contributed by atoms with E-state index in [4.69, 9.17) is 25.8 Å². The first-order valence-electron chi connectivity index (χ1n) is 10.4. The third kappa shape index (κ3) is 5.04. The number of halogens is 1.